The Balaban J connectivity index is 1.46. The largest absolute Gasteiger partial charge is 0.467 e. The molecule has 9 heteroatoms. The zero-order valence-corrected chi connectivity index (χ0v) is 20.6. The highest BCUT2D eigenvalue weighted by Crippen LogP contribution is 2.34. The molecule has 6 rings (SSSR count). The maximum atomic E-state index is 13.8. The number of furan rings is 1. The lowest BCUT2D eigenvalue weighted by Gasteiger charge is -2.12. The van der Waals surface area contributed by atoms with E-state index in [-0.39, 0.29) is 5.75 Å². The summed E-state index contributed by atoms with van der Waals surface area (Å²) in [5, 5.41) is 10.4. The molecule has 0 fully saturated rings. The molecule has 0 atom stereocenters. The van der Waals surface area contributed by atoms with E-state index in [9.17, 15) is 13.2 Å². The molecule has 0 amide bonds. The first-order chi connectivity index (χ1) is 18.6. The number of aromatic nitrogens is 4. The van der Waals surface area contributed by atoms with Gasteiger partial charge in [-0.25, -0.2) is 18.2 Å². The van der Waals surface area contributed by atoms with E-state index in [1.54, 1.807) is 12.3 Å². The molecule has 6 aromatic rings. The molecule has 0 radical (unpaired) electrons. The van der Waals surface area contributed by atoms with E-state index in [0.717, 1.165) is 39.9 Å². The number of pyridine rings is 1. The zero-order chi connectivity index (χ0) is 26.1. The molecule has 0 aliphatic carbocycles. The van der Waals surface area contributed by atoms with Crippen LogP contribution in [-0.2, 0) is 12.3 Å². The number of hydrogen-bond acceptors (Lipinski definition) is 5. The number of benzene rings is 3. The Morgan fingerprint density at radius 1 is 0.816 bits per heavy atom. The van der Waals surface area contributed by atoms with Crippen LogP contribution in [0.15, 0.2) is 101 Å². The van der Waals surface area contributed by atoms with Crippen molar-refractivity contribution in [3.63, 3.8) is 0 Å². The standard InChI is InChI=1S/C29H19F3N4OS/c30-23-13-18(14-24(31)27(23)32)17-38-29-35-34-28(36(29)16-20-9-6-12-37-20)22-15-26(19-7-2-1-3-8-19)33-25-11-5-4-10-21(22)25/h1-15H,16-17H2. The van der Waals surface area contributed by atoms with Crippen LogP contribution in [0.3, 0.4) is 0 Å². The lowest BCUT2D eigenvalue weighted by Crippen LogP contribution is -2.04. The minimum atomic E-state index is -1.49. The van der Waals surface area contributed by atoms with Crippen LogP contribution in [0, 0.1) is 17.5 Å². The van der Waals surface area contributed by atoms with Crippen molar-refractivity contribution in [2.45, 2.75) is 17.5 Å². The number of fused-ring (bicyclic) bond motifs is 1. The minimum absolute atomic E-state index is 0.163. The summed E-state index contributed by atoms with van der Waals surface area (Å²) in [6.45, 7) is 0.334. The highest BCUT2D eigenvalue weighted by atomic mass is 32.2. The lowest BCUT2D eigenvalue weighted by atomic mass is 10.0. The molecule has 0 saturated heterocycles. The van der Waals surface area contributed by atoms with Gasteiger partial charge in [-0.05, 0) is 42.0 Å². The predicted octanol–water partition coefficient (Wildman–Crippen LogP) is 7.51. The second-order valence-corrected chi connectivity index (χ2v) is 9.51. The van der Waals surface area contributed by atoms with Gasteiger partial charge in [0.1, 0.15) is 5.76 Å². The topological polar surface area (TPSA) is 56.7 Å². The Bertz CT molecular complexity index is 1710. The van der Waals surface area contributed by atoms with Gasteiger partial charge in [0.15, 0.2) is 28.4 Å². The Kier molecular flexibility index (Phi) is 6.43. The summed E-state index contributed by atoms with van der Waals surface area (Å²) in [5.41, 5.74) is 3.69. The van der Waals surface area contributed by atoms with E-state index in [2.05, 4.69) is 10.2 Å². The summed E-state index contributed by atoms with van der Waals surface area (Å²) >= 11 is 1.24. The van der Waals surface area contributed by atoms with Crippen molar-refractivity contribution in [2.24, 2.45) is 0 Å². The van der Waals surface area contributed by atoms with Crippen LogP contribution in [0.25, 0.3) is 33.5 Å². The smallest absolute Gasteiger partial charge is 0.194 e. The third kappa shape index (κ3) is 4.68. The van der Waals surface area contributed by atoms with Crippen LogP contribution >= 0.6 is 11.8 Å². The van der Waals surface area contributed by atoms with Crippen LogP contribution in [0.5, 0.6) is 0 Å². The van der Waals surface area contributed by atoms with Crippen molar-refractivity contribution >= 4 is 22.7 Å². The van der Waals surface area contributed by atoms with Gasteiger partial charge in [-0.15, -0.1) is 10.2 Å². The summed E-state index contributed by atoms with van der Waals surface area (Å²) in [6, 6.07) is 25.3. The summed E-state index contributed by atoms with van der Waals surface area (Å²) < 4.78 is 48.5. The van der Waals surface area contributed by atoms with Gasteiger partial charge in [0.05, 0.1) is 24.0 Å². The average Bonchev–Trinajstić information content (AvgIpc) is 3.60. The SMILES string of the molecule is Fc1cc(CSc2nnc(-c3cc(-c4ccccc4)nc4ccccc34)n2Cc2ccco2)cc(F)c1F. The Labute approximate surface area is 220 Å². The molecule has 3 heterocycles. The third-order valence-electron chi connectivity index (χ3n) is 6.05. The molecular formula is C29H19F3N4OS. The molecule has 0 aliphatic rings. The van der Waals surface area contributed by atoms with E-state index in [4.69, 9.17) is 9.40 Å². The van der Waals surface area contributed by atoms with Gasteiger partial charge in [0.2, 0.25) is 0 Å². The van der Waals surface area contributed by atoms with E-state index in [1.165, 1.54) is 11.8 Å². The maximum Gasteiger partial charge on any atom is 0.194 e. The highest BCUT2D eigenvalue weighted by Gasteiger charge is 2.20. The van der Waals surface area contributed by atoms with Crippen molar-refractivity contribution in [1.29, 1.82) is 0 Å². The van der Waals surface area contributed by atoms with Crippen molar-refractivity contribution < 1.29 is 17.6 Å². The first kappa shape index (κ1) is 24.0. The fourth-order valence-corrected chi connectivity index (χ4v) is 5.12. The number of rotatable bonds is 7. The van der Waals surface area contributed by atoms with Crippen LogP contribution < -0.4 is 0 Å². The molecule has 188 valence electrons. The molecule has 0 unspecified atom stereocenters. The molecule has 3 aromatic carbocycles. The average molecular weight is 529 g/mol. The van der Waals surface area contributed by atoms with Gasteiger partial charge < -0.3 is 4.42 Å². The van der Waals surface area contributed by atoms with Crippen LogP contribution in [0.1, 0.15) is 11.3 Å². The summed E-state index contributed by atoms with van der Waals surface area (Å²) in [4.78, 5) is 4.86. The van der Waals surface area contributed by atoms with Crippen LogP contribution in [0.2, 0.25) is 0 Å². The van der Waals surface area contributed by atoms with Crippen molar-refractivity contribution in [2.75, 3.05) is 0 Å². The molecule has 0 N–H and O–H groups in total. The van der Waals surface area contributed by atoms with Gasteiger partial charge in [-0.2, -0.15) is 0 Å². The normalized spacial score (nSPS) is 11.3. The monoisotopic (exact) mass is 528 g/mol. The molecule has 38 heavy (non-hydrogen) atoms. The first-order valence-corrected chi connectivity index (χ1v) is 12.7. The molecule has 0 aliphatic heterocycles. The molecule has 3 aromatic heterocycles. The third-order valence-corrected chi connectivity index (χ3v) is 7.09. The Hall–Kier alpha value is -4.37. The van der Waals surface area contributed by atoms with E-state index < -0.39 is 17.5 Å². The van der Waals surface area contributed by atoms with Crippen LogP contribution in [0.4, 0.5) is 13.2 Å². The van der Waals surface area contributed by atoms with Gasteiger partial charge in [0.25, 0.3) is 0 Å². The Morgan fingerprint density at radius 2 is 1.58 bits per heavy atom. The predicted molar refractivity (Wildman–Crippen MR) is 140 cm³/mol. The van der Waals surface area contributed by atoms with Crippen molar-refractivity contribution in [1.82, 2.24) is 19.7 Å². The fraction of sp³-hybridized carbons (Fsp3) is 0.0690. The van der Waals surface area contributed by atoms with E-state index >= 15 is 0 Å². The number of nitrogens with zero attached hydrogens (tertiary/aromatic N) is 4. The van der Waals surface area contributed by atoms with Gasteiger partial charge in [-0.3, -0.25) is 4.57 Å². The first-order valence-electron chi connectivity index (χ1n) is 11.7. The second-order valence-electron chi connectivity index (χ2n) is 8.57. The lowest BCUT2D eigenvalue weighted by molar-refractivity contribution is 0.446. The number of thioether (sulfide) groups is 1. The summed E-state index contributed by atoms with van der Waals surface area (Å²) in [5.74, 6) is -2.49. The number of halogens is 3. The highest BCUT2D eigenvalue weighted by molar-refractivity contribution is 7.98. The van der Waals surface area contributed by atoms with E-state index in [0.29, 0.717) is 28.8 Å². The number of para-hydroxylation sites is 1. The molecular weight excluding hydrogens is 509 g/mol. The number of hydrogen-bond donors (Lipinski definition) is 0. The van der Waals surface area contributed by atoms with Gasteiger partial charge in [-0.1, -0.05) is 60.3 Å². The maximum absolute atomic E-state index is 13.8. The van der Waals surface area contributed by atoms with Gasteiger partial charge in [0, 0.05) is 22.3 Å². The Morgan fingerprint density at radius 3 is 2.34 bits per heavy atom. The van der Waals surface area contributed by atoms with E-state index in [1.807, 2.05) is 71.3 Å². The van der Waals surface area contributed by atoms with Gasteiger partial charge >= 0.3 is 0 Å². The molecule has 0 spiro atoms. The second kappa shape index (κ2) is 10.2. The molecule has 5 nitrogen and oxygen atoms in total. The van der Waals surface area contributed by atoms with Crippen molar-refractivity contribution in [3.05, 3.63) is 120 Å². The molecule has 0 bridgehead atoms. The van der Waals surface area contributed by atoms with Crippen LogP contribution in [-0.4, -0.2) is 19.7 Å². The van der Waals surface area contributed by atoms with Crippen molar-refractivity contribution in [3.8, 4) is 22.6 Å². The quantitative estimate of drug-likeness (QED) is 0.159. The summed E-state index contributed by atoms with van der Waals surface area (Å²) in [6.07, 6.45) is 1.59. The minimum Gasteiger partial charge on any atom is -0.467 e. The molecule has 0 saturated carbocycles. The zero-order valence-electron chi connectivity index (χ0n) is 19.8. The summed E-state index contributed by atoms with van der Waals surface area (Å²) in [7, 11) is 0. The fourth-order valence-electron chi connectivity index (χ4n) is 4.25.